The smallest absolute Gasteiger partial charge is 0.307 e. The molecule has 4 aliphatic rings. The Morgan fingerprint density at radius 1 is 0.778 bits per heavy atom. The van der Waals surface area contributed by atoms with Crippen molar-refractivity contribution in [3.8, 4) is 0 Å². The van der Waals surface area contributed by atoms with Crippen molar-refractivity contribution in [1.29, 1.82) is 0 Å². The first-order valence-electron chi connectivity index (χ1n) is 9.85. The second-order valence-electron chi connectivity index (χ2n) is 8.38. The predicted molar refractivity (Wildman–Crippen MR) is 101 cm³/mol. The van der Waals surface area contributed by atoms with Gasteiger partial charge in [0.15, 0.2) is 0 Å². The monoisotopic (exact) mass is 380 g/mol. The van der Waals surface area contributed by atoms with Crippen LogP contribution in [0.2, 0.25) is 0 Å². The lowest BCUT2D eigenvalue weighted by Gasteiger charge is -2.11. The van der Waals surface area contributed by atoms with Crippen molar-refractivity contribution >= 4 is 11.9 Å². The van der Waals surface area contributed by atoms with Crippen molar-refractivity contribution in [2.45, 2.75) is 58.2 Å². The Morgan fingerprint density at radius 3 is 1.26 bits per heavy atom. The van der Waals surface area contributed by atoms with Crippen LogP contribution in [0, 0.1) is 35.5 Å². The Hall–Kier alpha value is -1.66. The molecule has 152 valence electrons. The summed E-state index contributed by atoms with van der Waals surface area (Å²) in [4.78, 5) is 21.1. The summed E-state index contributed by atoms with van der Waals surface area (Å²) in [6, 6.07) is 0. The highest BCUT2D eigenvalue weighted by atomic mass is 16.4. The van der Waals surface area contributed by atoms with Crippen LogP contribution in [0.4, 0.5) is 0 Å². The molecule has 0 aliphatic heterocycles. The number of allylic oxidation sites excluding steroid dienone is 4. The van der Waals surface area contributed by atoms with Gasteiger partial charge in [-0.2, -0.15) is 0 Å². The van der Waals surface area contributed by atoms with Gasteiger partial charge in [0, 0.05) is 0 Å². The molecule has 2 saturated carbocycles. The van der Waals surface area contributed by atoms with Gasteiger partial charge >= 0.3 is 11.9 Å². The third kappa shape index (κ3) is 6.18. The van der Waals surface area contributed by atoms with Crippen LogP contribution in [-0.4, -0.2) is 44.6 Å². The lowest BCUT2D eigenvalue weighted by atomic mass is 9.94. The summed E-state index contributed by atoms with van der Waals surface area (Å²) in [5, 5.41) is 34.5. The molecule has 0 aromatic heterocycles. The molecule has 6 nitrogen and oxygen atoms in total. The van der Waals surface area contributed by atoms with E-state index in [0.717, 1.165) is 25.7 Å². The van der Waals surface area contributed by atoms with E-state index in [1.54, 1.807) is 13.8 Å². The molecule has 4 aliphatic carbocycles. The maximum atomic E-state index is 10.6. The van der Waals surface area contributed by atoms with Crippen LogP contribution in [0.15, 0.2) is 24.3 Å². The normalized spacial score (nSPS) is 36.4. The van der Waals surface area contributed by atoms with E-state index in [1.807, 2.05) is 0 Å². The molecule has 0 aromatic rings. The minimum atomic E-state index is -0.614. The van der Waals surface area contributed by atoms with Crippen molar-refractivity contribution < 1.29 is 30.0 Å². The number of rotatable bonds is 4. The number of carbonyl (C=O) groups is 2. The first kappa shape index (κ1) is 21.6. The Labute approximate surface area is 160 Å². The van der Waals surface area contributed by atoms with Gasteiger partial charge in [-0.25, -0.2) is 0 Å². The number of hydrogen-bond donors (Lipinski definition) is 4. The molecule has 4 bridgehead atoms. The summed E-state index contributed by atoms with van der Waals surface area (Å²) in [6.07, 6.45) is 12.1. The Kier molecular flexibility index (Phi) is 7.62. The summed E-state index contributed by atoms with van der Waals surface area (Å²) in [7, 11) is 0. The van der Waals surface area contributed by atoms with E-state index in [0.29, 0.717) is 30.1 Å². The minimum absolute atomic E-state index is 0.0741. The highest BCUT2D eigenvalue weighted by Crippen LogP contribution is 2.44. The van der Waals surface area contributed by atoms with Gasteiger partial charge in [0.05, 0.1) is 24.0 Å². The fourth-order valence-electron chi connectivity index (χ4n) is 4.62. The predicted octanol–water partition coefficient (Wildman–Crippen LogP) is 2.70. The summed E-state index contributed by atoms with van der Waals surface area (Å²) in [6.45, 7) is 3.32. The van der Waals surface area contributed by atoms with Gasteiger partial charge < -0.3 is 20.4 Å². The van der Waals surface area contributed by atoms with Gasteiger partial charge in [0.1, 0.15) is 0 Å². The zero-order valence-electron chi connectivity index (χ0n) is 16.1. The lowest BCUT2D eigenvalue weighted by Crippen LogP contribution is -2.17. The van der Waals surface area contributed by atoms with Crippen LogP contribution >= 0.6 is 0 Å². The van der Waals surface area contributed by atoms with Crippen LogP contribution < -0.4 is 0 Å². The molecule has 4 N–H and O–H groups in total. The highest BCUT2D eigenvalue weighted by molar-refractivity contribution is 5.72. The zero-order valence-corrected chi connectivity index (χ0v) is 16.1. The van der Waals surface area contributed by atoms with Gasteiger partial charge in [0.25, 0.3) is 0 Å². The van der Waals surface area contributed by atoms with Crippen molar-refractivity contribution in [2.75, 3.05) is 0 Å². The van der Waals surface area contributed by atoms with Crippen molar-refractivity contribution in [3.63, 3.8) is 0 Å². The van der Waals surface area contributed by atoms with Crippen molar-refractivity contribution in [2.24, 2.45) is 35.5 Å². The zero-order chi connectivity index (χ0) is 20.1. The van der Waals surface area contributed by atoms with Gasteiger partial charge in [-0.1, -0.05) is 24.3 Å². The van der Waals surface area contributed by atoms with Crippen LogP contribution in [0.1, 0.15) is 46.0 Å². The molecule has 6 heteroatoms. The van der Waals surface area contributed by atoms with Crippen LogP contribution in [-0.2, 0) is 9.59 Å². The van der Waals surface area contributed by atoms with Gasteiger partial charge in [-0.15, -0.1) is 0 Å². The standard InChI is InChI=1S/2C8H10O2.C5H12O2/c2*9-8(10)7-4-5-1-2-6(7)3-5;1-4(6)3-5(2)7/h2*1-2,5-7H,3-4H2,(H,9,10);4-7H,3H2,1-2H3. The van der Waals surface area contributed by atoms with Crippen LogP contribution in [0.3, 0.4) is 0 Å². The van der Waals surface area contributed by atoms with E-state index < -0.39 is 11.9 Å². The molecule has 8 unspecified atom stereocenters. The molecular formula is C21H32O6. The third-order valence-electron chi connectivity index (χ3n) is 5.87. The largest absolute Gasteiger partial charge is 0.481 e. The number of carboxylic acids is 2. The molecule has 0 amide bonds. The summed E-state index contributed by atoms with van der Waals surface area (Å²) >= 11 is 0. The molecule has 0 aromatic carbocycles. The average molecular weight is 380 g/mol. The summed E-state index contributed by atoms with van der Waals surface area (Å²) < 4.78 is 0. The van der Waals surface area contributed by atoms with Crippen LogP contribution in [0.5, 0.6) is 0 Å². The molecule has 8 atom stereocenters. The van der Waals surface area contributed by atoms with E-state index in [-0.39, 0.29) is 24.0 Å². The number of aliphatic hydroxyl groups is 2. The average Bonchev–Trinajstić information content (AvgIpc) is 3.34. The molecule has 4 rings (SSSR count). The second kappa shape index (κ2) is 9.51. The summed E-state index contributed by atoms with van der Waals surface area (Å²) in [5.74, 6) is 0.473. The number of aliphatic hydroxyl groups excluding tert-OH is 2. The molecule has 0 radical (unpaired) electrons. The third-order valence-corrected chi connectivity index (χ3v) is 5.87. The maximum Gasteiger partial charge on any atom is 0.307 e. The Balaban J connectivity index is 0.000000149. The SMILES string of the molecule is CC(O)CC(C)O.O=C(O)C1CC2C=CC1C2.O=C(O)C1CC2C=CC1C2. The quantitative estimate of drug-likeness (QED) is 0.558. The maximum absolute atomic E-state index is 10.6. The number of hydrogen-bond acceptors (Lipinski definition) is 4. The van der Waals surface area contributed by atoms with E-state index in [9.17, 15) is 9.59 Å². The van der Waals surface area contributed by atoms with E-state index >= 15 is 0 Å². The Morgan fingerprint density at radius 2 is 1.15 bits per heavy atom. The second-order valence-corrected chi connectivity index (χ2v) is 8.38. The molecule has 0 saturated heterocycles. The van der Waals surface area contributed by atoms with E-state index in [4.69, 9.17) is 20.4 Å². The molecule has 0 heterocycles. The fourth-order valence-corrected chi connectivity index (χ4v) is 4.62. The first-order valence-corrected chi connectivity index (χ1v) is 9.85. The summed E-state index contributed by atoms with van der Waals surface area (Å²) in [5.41, 5.74) is 0. The molecule has 0 spiro atoms. The fraction of sp³-hybridized carbons (Fsp3) is 0.714. The number of fused-ring (bicyclic) bond motifs is 4. The van der Waals surface area contributed by atoms with Crippen LogP contribution in [0.25, 0.3) is 0 Å². The number of aliphatic carboxylic acids is 2. The first-order chi connectivity index (χ1) is 12.7. The van der Waals surface area contributed by atoms with Gasteiger partial charge in [-0.3, -0.25) is 9.59 Å². The van der Waals surface area contributed by atoms with Crippen molar-refractivity contribution in [1.82, 2.24) is 0 Å². The van der Waals surface area contributed by atoms with Gasteiger partial charge in [-0.05, 0) is 69.6 Å². The number of carboxylic acid groups (broad SMARTS) is 2. The molecule has 27 heavy (non-hydrogen) atoms. The topological polar surface area (TPSA) is 115 Å². The van der Waals surface area contributed by atoms with Crippen molar-refractivity contribution in [3.05, 3.63) is 24.3 Å². The molecular weight excluding hydrogens is 348 g/mol. The van der Waals surface area contributed by atoms with E-state index in [1.165, 1.54) is 0 Å². The molecule has 2 fully saturated rings. The minimum Gasteiger partial charge on any atom is -0.481 e. The highest BCUT2D eigenvalue weighted by Gasteiger charge is 2.40. The van der Waals surface area contributed by atoms with E-state index in [2.05, 4.69) is 24.3 Å². The Bertz CT molecular complexity index is 529. The van der Waals surface area contributed by atoms with Gasteiger partial charge in [0.2, 0.25) is 0 Å². The lowest BCUT2D eigenvalue weighted by molar-refractivity contribution is -0.143.